The molecule has 6 aromatic rings. The highest BCUT2D eigenvalue weighted by atomic mass is 19.2. The zero-order valence-corrected chi connectivity index (χ0v) is 44.3. The number of anilines is 1. The van der Waals surface area contributed by atoms with Crippen LogP contribution in [0.25, 0.3) is 32.7 Å². The van der Waals surface area contributed by atoms with E-state index in [1.54, 1.807) is 9.13 Å². The molecule has 9 rings (SSSR count). The Morgan fingerprint density at radius 1 is 0.523 bits per heavy atom. The van der Waals surface area contributed by atoms with Gasteiger partial charge in [-0.3, -0.25) is 14.4 Å². The van der Waals surface area contributed by atoms with Crippen LogP contribution in [0.15, 0.2) is 51.2 Å². The van der Waals surface area contributed by atoms with Crippen LogP contribution in [-0.4, -0.2) is 148 Å². The van der Waals surface area contributed by atoms with Crippen molar-refractivity contribution in [3.8, 4) is 17.2 Å². The Morgan fingerprint density at radius 2 is 0.837 bits per heavy atom. The molecule has 0 spiro atoms. The monoisotopic (exact) mass is 1230 g/mol. The van der Waals surface area contributed by atoms with E-state index in [9.17, 15) is 65.2 Å². The predicted molar refractivity (Wildman–Crippen MR) is 312 cm³/mol. The van der Waals surface area contributed by atoms with Gasteiger partial charge in [0, 0.05) is 62.9 Å². The molecule has 21 nitrogen and oxygen atoms in total. The number of nitrogens with one attached hydrogen (secondary N) is 1. The smallest absolute Gasteiger partial charge is 0.492 e. The van der Waals surface area contributed by atoms with Gasteiger partial charge in [-0.05, 0) is 56.7 Å². The SMILES string of the molecule is C.C.C.C.C.COC(=O)c1cn(C2CC2)c2c(OC)c(F)c(F)cc2c1=O.COC(=O)c1cn(C2CC2)c2c(OC)c(N(CCO)CCO)c(F)cc2c1=O.COc1c(F)c(F)cc2c(=O)c(C(=O)OB(F)F)cn(C3CC3)c12.OCCNCCO. The van der Waals surface area contributed by atoms with Gasteiger partial charge in [0.05, 0.1) is 94.7 Å². The Bertz CT molecular complexity index is 3490. The minimum atomic E-state index is -3.40. The second-order valence-electron chi connectivity index (χ2n) is 18.2. The van der Waals surface area contributed by atoms with Crippen molar-refractivity contribution >= 4 is 63.8 Å². The van der Waals surface area contributed by atoms with Gasteiger partial charge in [0.2, 0.25) is 27.9 Å². The average molecular weight is 1230 g/mol. The fraction of sp³-hybridized carbons (Fsp3) is 0.474. The maximum atomic E-state index is 15.1. The van der Waals surface area contributed by atoms with Crippen LogP contribution in [0.4, 0.5) is 36.3 Å². The predicted octanol–water partition coefficient (Wildman–Crippen LogP) is 7.92. The number of hydrogen-bond donors (Lipinski definition) is 5. The van der Waals surface area contributed by atoms with Crippen molar-refractivity contribution < 1.29 is 93.7 Å². The molecule has 3 aliphatic rings. The molecule has 3 aliphatic carbocycles. The number of ether oxygens (including phenoxy) is 5. The number of hydrogen-bond acceptors (Lipinski definition) is 18. The van der Waals surface area contributed by atoms with Crippen LogP contribution in [0.3, 0.4) is 0 Å². The van der Waals surface area contributed by atoms with Crippen LogP contribution in [0.1, 0.15) is 125 Å². The molecular weight excluding hydrogens is 1150 g/mol. The summed E-state index contributed by atoms with van der Waals surface area (Å²) in [5, 5.41) is 37.3. The van der Waals surface area contributed by atoms with Gasteiger partial charge in [0.15, 0.2) is 34.7 Å². The molecule has 5 N–H and O–H groups in total. The summed E-state index contributed by atoms with van der Waals surface area (Å²) >= 11 is 0. The number of pyridine rings is 3. The third kappa shape index (κ3) is 16.6. The van der Waals surface area contributed by atoms with Gasteiger partial charge in [-0.15, -0.1) is 0 Å². The minimum Gasteiger partial charge on any atom is -0.492 e. The van der Waals surface area contributed by atoms with E-state index in [1.165, 1.54) is 43.2 Å². The fourth-order valence-electron chi connectivity index (χ4n) is 8.75. The van der Waals surface area contributed by atoms with E-state index in [-0.39, 0.29) is 150 Å². The van der Waals surface area contributed by atoms with Crippen LogP contribution < -0.4 is 40.7 Å². The highest BCUT2D eigenvalue weighted by Crippen LogP contribution is 2.45. The third-order valence-electron chi connectivity index (χ3n) is 12.8. The Balaban J connectivity index is 0.000000597. The van der Waals surface area contributed by atoms with Crippen LogP contribution >= 0.6 is 0 Å². The number of benzene rings is 3. The molecule has 3 aromatic heterocycles. The van der Waals surface area contributed by atoms with Crippen molar-refractivity contribution in [1.82, 2.24) is 19.0 Å². The highest BCUT2D eigenvalue weighted by molar-refractivity contribution is 6.38. The van der Waals surface area contributed by atoms with Crippen LogP contribution in [0.2, 0.25) is 0 Å². The summed E-state index contributed by atoms with van der Waals surface area (Å²) in [6, 6.07) is 2.38. The molecule has 29 heteroatoms. The van der Waals surface area contributed by atoms with E-state index >= 15 is 4.39 Å². The summed E-state index contributed by atoms with van der Waals surface area (Å²) in [6.07, 6.45) is 8.47. The first-order chi connectivity index (χ1) is 38.7. The molecule has 86 heavy (non-hydrogen) atoms. The van der Waals surface area contributed by atoms with Gasteiger partial charge >= 0.3 is 25.4 Å². The van der Waals surface area contributed by atoms with Crippen molar-refractivity contribution in [2.24, 2.45) is 0 Å². The summed E-state index contributed by atoms with van der Waals surface area (Å²) in [6.45, 7) is 1.07. The van der Waals surface area contributed by atoms with Crippen molar-refractivity contribution in [2.75, 3.05) is 93.1 Å². The quantitative estimate of drug-likeness (QED) is 0.0223. The molecule has 0 amide bonds. The second kappa shape index (κ2) is 33.8. The summed E-state index contributed by atoms with van der Waals surface area (Å²) in [5.74, 6) is -9.56. The van der Waals surface area contributed by atoms with Gasteiger partial charge in [-0.2, -0.15) is 8.78 Å². The first kappa shape index (κ1) is 76.3. The molecule has 0 aliphatic heterocycles. The zero-order valence-electron chi connectivity index (χ0n) is 44.3. The standard InChI is InChI=1S/C19H23FN2O6.C15H13F2NO4.C14H10BF4NO4.C4H11NO2.5CH4/c1-27-18-15-12(9-14(20)16(18)21(5-7-23)6-8-24)17(25)13(19(26)28-2)10-22(15)11-3-4-11;1-21-14-11(17)10(16)5-8-12(14)18(7-3-4-7)6-9(13(8)19)15(20)22-2;1-23-13-10(17)9(16)4-7-11(13)20(6-2-3-6)5-8(12(7)21)14(22)24-15(18)19;6-3-1-5-2-4-7;;;;;/h9-11,23-24H,3-8H2,1-2H3;5-7H,3-4H2,1-2H3;4-6H,2-3H2,1H3;5-7H,1-4H2;5*1H4. The molecule has 3 fully saturated rings. The first-order valence-electron chi connectivity index (χ1n) is 25.0. The number of carbonyl (C=O) groups is 3. The van der Waals surface area contributed by atoms with E-state index in [2.05, 4.69) is 14.7 Å². The minimum absolute atomic E-state index is 0. The number of halogens is 7. The number of nitrogens with zero attached hydrogens (tertiary/aromatic N) is 4. The molecule has 478 valence electrons. The molecule has 0 atom stereocenters. The number of esters is 2. The van der Waals surface area contributed by atoms with Crippen molar-refractivity contribution in [3.63, 3.8) is 0 Å². The number of carbonyl (C=O) groups excluding carboxylic acids is 3. The van der Waals surface area contributed by atoms with Crippen molar-refractivity contribution in [3.05, 3.63) is 113 Å². The van der Waals surface area contributed by atoms with E-state index < -0.39 is 82.1 Å². The Morgan fingerprint density at radius 3 is 1.12 bits per heavy atom. The number of fused-ring (bicyclic) bond motifs is 3. The lowest BCUT2D eigenvalue weighted by Gasteiger charge is -2.27. The number of methoxy groups -OCH3 is 5. The van der Waals surface area contributed by atoms with Crippen molar-refractivity contribution in [1.29, 1.82) is 0 Å². The summed E-state index contributed by atoms with van der Waals surface area (Å²) < 4.78 is 128. The second-order valence-corrected chi connectivity index (χ2v) is 18.2. The van der Waals surface area contributed by atoms with Gasteiger partial charge in [0.25, 0.3) is 0 Å². The Hall–Kier alpha value is -7.73. The number of aliphatic hydroxyl groups is 4. The number of rotatable bonds is 19. The largest absolute Gasteiger partial charge is 0.798 e. The van der Waals surface area contributed by atoms with Gasteiger partial charge in [0.1, 0.15) is 22.4 Å². The van der Waals surface area contributed by atoms with Crippen LogP contribution in [-0.2, 0) is 14.1 Å². The molecule has 0 unspecified atom stereocenters. The van der Waals surface area contributed by atoms with Gasteiger partial charge in [-0.1, -0.05) is 37.1 Å². The third-order valence-corrected chi connectivity index (χ3v) is 12.8. The number of aromatic nitrogens is 3. The molecule has 3 aromatic carbocycles. The fourth-order valence-corrected chi connectivity index (χ4v) is 8.75. The van der Waals surface area contributed by atoms with Crippen LogP contribution in [0.5, 0.6) is 17.2 Å². The van der Waals surface area contributed by atoms with Crippen LogP contribution in [0, 0.1) is 29.1 Å². The summed E-state index contributed by atoms with van der Waals surface area (Å²) in [5.41, 5.74) is -2.90. The van der Waals surface area contributed by atoms with Crippen molar-refractivity contribution in [2.45, 2.75) is 93.8 Å². The maximum Gasteiger partial charge on any atom is 0.798 e. The molecule has 3 saturated carbocycles. The summed E-state index contributed by atoms with van der Waals surface area (Å²) in [4.78, 5) is 74.6. The van der Waals surface area contributed by atoms with E-state index in [4.69, 9.17) is 29.2 Å². The topological polar surface area (TPSA) is 269 Å². The van der Waals surface area contributed by atoms with E-state index in [0.29, 0.717) is 37.5 Å². The normalized spacial score (nSPS) is 12.7. The number of aliphatic hydroxyl groups excluding tert-OH is 4. The lowest BCUT2D eigenvalue weighted by Crippen LogP contribution is -2.31. The molecule has 3 heterocycles. The molecular formula is C57H77BF7N5O16. The Kier molecular flexibility index (Phi) is 30.0. The van der Waals surface area contributed by atoms with E-state index in [0.717, 1.165) is 58.2 Å². The van der Waals surface area contributed by atoms with E-state index in [1.807, 2.05) is 0 Å². The lowest BCUT2D eigenvalue weighted by atomic mass is 10.1. The molecule has 0 bridgehead atoms. The average Bonchev–Trinajstić information content (AvgIpc) is 2.06. The Labute approximate surface area is 492 Å². The zero-order chi connectivity index (χ0) is 59.6. The van der Waals surface area contributed by atoms with Gasteiger partial charge < -0.3 is 72.7 Å². The van der Waals surface area contributed by atoms with Gasteiger partial charge in [-0.25, -0.2) is 36.2 Å². The first-order valence-corrected chi connectivity index (χ1v) is 25.0. The lowest BCUT2D eigenvalue weighted by molar-refractivity contribution is 0.0589. The molecule has 0 radical (unpaired) electrons. The summed E-state index contributed by atoms with van der Waals surface area (Å²) in [7, 11) is 2.61. The maximum absolute atomic E-state index is 15.1. The molecule has 0 saturated heterocycles. The highest BCUT2D eigenvalue weighted by Gasteiger charge is 2.35.